The van der Waals surface area contributed by atoms with E-state index in [9.17, 15) is 9.90 Å². The quantitative estimate of drug-likeness (QED) is 0.704. The van der Waals surface area contributed by atoms with E-state index in [2.05, 4.69) is 10.6 Å². The van der Waals surface area contributed by atoms with Gasteiger partial charge in [-0.25, -0.2) is 4.79 Å². The van der Waals surface area contributed by atoms with Crippen LogP contribution in [0.3, 0.4) is 0 Å². The predicted molar refractivity (Wildman–Crippen MR) is 84.3 cm³/mol. The number of hydrogen-bond donors (Lipinski definition) is 3. The zero-order valence-corrected chi connectivity index (χ0v) is 13.9. The van der Waals surface area contributed by atoms with Crippen molar-refractivity contribution in [1.29, 1.82) is 0 Å². The second-order valence-corrected chi connectivity index (χ2v) is 7.13. The monoisotopic (exact) mass is 300 g/mol. The van der Waals surface area contributed by atoms with Gasteiger partial charge in [-0.2, -0.15) is 0 Å². The van der Waals surface area contributed by atoms with Gasteiger partial charge in [0.2, 0.25) is 0 Å². The van der Waals surface area contributed by atoms with Crippen LogP contribution in [0.25, 0.3) is 0 Å². The van der Waals surface area contributed by atoms with Crippen LogP contribution in [0.5, 0.6) is 0 Å². The van der Waals surface area contributed by atoms with Crippen molar-refractivity contribution in [3.63, 3.8) is 0 Å². The first kappa shape index (κ1) is 18.2. The van der Waals surface area contributed by atoms with Crippen LogP contribution in [0.4, 0.5) is 4.79 Å². The van der Waals surface area contributed by atoms with Crippen molar-refractivity contribution in [3.05, 3.63) is 0 Å². The van der Waals surface area contributed by atoms with E-state index in [1.165, 1.54) is 12.8 Å². The Labute approximate surface area is 128 Å². The second kappa shape index (κ2) is 8.59. The molecular weight excluding hydrogens is 268 g/mol. The summed E-state index contributed by atoms with van der Waals surface area (Å²) in [6.45, 7) is 8.89. The Hall–Kier alpha value is -0.810. The van der Waals surface area contributed by atoms with Crippen LogP contribution in [0.1, 0.15) is 59.8 Å². The summed E-state index contributed by atoms with van der Waals surface area (Å²) in [5, 5.41) is 15.7. The fourth-order valence-electron chi connectivity index (χ4n) is 2.73. The molecule has 5 heteroatoms. The van der Waals surface area contributed by atoms with Crippen molar-refractivity contribution in [2.45, 2.75) is 77.5 Å². The first-order valence-corrected chi connectivity index (χ1v) is 8.16. The Balaban J connectivity index is 2.34. The van der Waals surface area contributed by atoms with Gasteiger partial charge < -0.3 is 20.5 Å². The van der Waals surface area contributed by atoms with Gasteiger partial charge in [0.25, 0.3) is 0 Å². The predicted octanol–water partition coefficient (Wildman–Crippen LogP) is 2.43. The number of aliphatic hydroxyl groups excluding tert-OH is 1. The number of ether oxygens (including phenoxy) is 1. The summed E-state index contributed by atoms with van der Waals surface area (Å²) in [5.74, 6) is 0.445. The maximum atomic E-state index is 11.7. The number of alkyl carbamates (subject to hydrolysis) is 1. The SMILES string of the molecule is CC(O)CCNC1CCCCC1CNC(=O)OC(C)(C)C. The van der Waals surface area contributed by atoms with E-state index in [1.54, 1.807) is 0 Å². The maximum Gasteiger partial charge on any atom is 0.407 e. The largest absolute Gasteiger partial charge is 0.444 e. The lowest BCUT2D eigenvalue weighted by Crippen LogP contribution is -2.45. The molecular formula is C16H32N2O3. The average Bonchev–Trinajstić information content (AvgIpc) is 2.35. The summed E-state index contributed by atoms with van der Waals surface area (Å²) in [7, 11) is 0. The van der Waals surface area contributed by atoms with Crippen molar-refractivity contribution >= 4 is 6.09 Å². The Morgan fingerprint density at radius 2 is 2.00 bits per heavy atom. The average molecular weight is 300 g/mol. The van der Waals surface area contributed by atoms with E-state index in [0.717, 1.165) is 25.8 Å². The standard InChI is InChI=1S/C16H32N2O3/c1-12(19)9-10-17-14-8-6-5-7-13(14)11-18-15(20)21-16(2,3)4/h12-14,17,19H,5-11H2,1-4H3,(H,18,20). The molecule has 124 valence electrons. The summed E-state index contributed by atoms with van der Waals surface area (Å²) < 4.78 is 5.27. The minimum absolute atomic E-state index is 0.264. The van der Waals surface area contributed by atoms with Crippen LogP contribution in [0, 0.1) is 5.92 Å². The molecule has 1 amide bonds. The summed E-state index contributed by atoms with van der Waals surface area (Å²) in [6, 6.07) is 0.424. The van der Waals surface area contributed by atoms with Crippen LogP contribution in [0.2, 0.25) is 0 Å². The van der Waals surface area contributed by atoms with Crippen LogP contribution >= 0.6 is 0 Å². The highest BCUT2D eigenvalue weighted by molar-refractivity contribution is 5.67. The lowest BCUT2D eigenvalue weighted by atomic mass is 9.84. The van der Waals surface area contributed by atoms with Gasteiger partial charge in [0.05, 0.1) is 6.10 Å². The molecule has 1 rings (SSSR count). The Morgan fingerprint density at radius 1 is 1.33 bits per heavy atom. The highest BCUT2D eigenvalue weighted by atomic mass is 16.6. The van der Waals surface area contributed by atoms with Crippen LogP contribution in [-0.4, -0.2) is 42.0 Å². The molecule has 0 aromatic heterocycles. The fourth-order valence-corrected chi connectivity index (χ4v) is 2.73. The molecule has 1 fully saturated rings. The Kier molecular flexibility index (Phi) is 7.46. The van der Waals surface area contributed by atoms with E-state index >= 15 is 0 Å². The second-order valence-electron chi connectivity index (χ2n) is 7.13. The van der Waals surface area contributed by atoms with E-state index in [4.69, 9.17) is 4.74 Å². The summed E-state index contributed by atoms with van der Waals surface area (Å²) in [6.07, 6.45) is 4.88. The normalized spacial score (nSPS) is 24.4. The number of carbonyl (C=O) groups is 1. The van der Waals surface area contributed by atoms with Gasteiger partial charge in [0, 0.05) is 12.6 Å². The Bertz CT molecular complexity index is 313. The topological polar surface area (TPSA) is 70.6 Å². The molecule has 0 radical (unpaired) electrons. The van der Waals surface area contributed by atoms with Gasteiger partial charge in [0.1, 0.15) is 5.60 Å². The molecule has 21 heavy (non-hydrogen) atoms. The fraction of sp³-hybridized carbons (Fsp3) is 0.938. The van der Waals surface area contributed by atoms with Crippen LogP contribution in [-0.2, 0) is 4.74 Å². The number of hydrogen-bond acceptors (Lipinski definition) is 4. The molecule has 0 aromatic carbocycles. The zero-order valence-electron chi connectivity index (χ0n) is 13.9. The van der Waals surface area contributed by atoms with Crippen molar-refractivity contribution in [2.75, 3.05) is 13.1 Å². The smallest absolute Gasteiger partial charge is 0.407 e. The molecule has 0 aliphatic heterocycles. The lowest BCUT2D eigenvalue weighted by molar-refractivity contribution is 0.0510. The van der Waals surface area contributed by atoms with Gasteiger partial charge in [-0.15, -0.1) is 0 Å². The molecule has 1 saturated carbocycles. The molecule has 0 bridgehead atoms. The number of nitrogens with one attached hydrogen (secondary N) is 2. The molecule has 0 saturated heterocycles. The van der Waals surface area contributed by atoms with Crippen LogP contribution < -0.4 is 10.6 Å². The maximum absolute atomic E-state index is 11.7. The number of aliphatic hydroxyl groups is 1. The van der Waals surface area contributed by atoms with Crippen molar-refractivity contribution in [3.8, 4) is 0 Å². The third kappa shape index (κ3) is 8.27. The molecule has 0 aromatic rings. The molecule has 3 N–H and O–H groups in total. The van der Waals surface area contributed by atoms with Crippen LogP contribution in [0.15, 0.2) is 0 Å². The number of rotatable bonds is 6. The van der Waals surface area contributed by atoms with E-state index < -0.39 is 5.60 Å². The number of amides is 1. The van der Waals surface area contributed by atoms with Gasteiger partial charge in [-0.1, -0.05) is 12.8 Å². The third-order valence-corrected chi connectivity index (χ3v) is 3.79. The lowest BCUT2D eigenvalue weighted by Gasteiger charge is -2.33. The summed E-state index contributed by atoms with van der Waals surface area (Å²) in [4.78, 5) is 11.7. The summed E-state index contributed by atoms with van der Waals surface area (Å²) in [5.41, 5.74) is -0.453. The first-order chi connectivity index (χ1) is 9.78. The zero-order chi connectivity index (χ0) is 15.9. The minimum atomic E-state index is -0.453. The highest BCUT2D eigenvalue weighted by Gasteiger charge is 2.26. The van der Waals surface area contributed by atoms with E-state index in [0.29, 0.717) is 18.5 Å². The van der Waals surface area contributed by atoms with Gasteiger partial charge in [0.15, 0.2) is 0 Å². The van der Waals surface area contributed by atoms with Crippen molar-refractivity contribution < 1.29 is 14.6 Å². The van der Waals surface area contributed by atoms with Crippen molar-refractivity contribution in [2.24, 2.45) is 5.92 Å². The molecule has 3 unspecified atom stereocenters. The molecule has 0 spiro atoms. The van der Waals surface area contributed by atoms with Gasteiger partial charge >= 0.3 is 6.09 Å². The third-order valence-electron chi connectivity index (χ3n) is 3.79. The van der Waals surface area contributed by atoms with Gasteiger partial charge in [-0.05, 0) is 59.4 Å². The van der Waals surface area contributed by atoms with Gasteiger partial charge in [-0.3, -0.25) is 0 Å². The molecule has 0 heterocycles. The summed E-state index contributed by atoms with van der Waals surface area (Å²) >= 11 is 0. The van der Waals surface area contributed by atoms with Crippen molar-refractivity contribution in [1.82, 2.24) is 10.6 Å². The molecule has 5 nitrogen and oxygen atoms in total. The minimum Gasteiger partial charge on any atom is -0.444 e. The first-order valence-electron chi connectivity index (χ1n) is 8.16. The molecule has 1 aliphatic rings. The highest BCUT2D eigenvalue weighted by Crippen LogP contribution is 2.24. The van der Waals surface area contributed by atoms with E-state index in [1.807, 2.05) is 27.7 Å². The number of carbonyl (C=O) groups excluding carboxylic acids is 1. The molecule has 3 atom stereocenters. The Morgan fingerprint density at radius 3 is 2.62 bits per heavy atom. The van der Waals surface area contributed by atoms with E-state index in [-0.39, 0.29) is 12.2 Å². The molecule has 1 aliphatic carbocycles.